The van der Waals surface area contributed by atoms with Crippen molar-refractivity contribution in [2.24, 2.45) is 11.8 Å². The first kappa shape index (κ1) is 32.2. The van der Waals surface area contributed by atoms with Gasteiger partial charge < -0.3 is 29.7 Å². The third-order valence-corrected chi connectivity index (χ3v) is 7.90. The average molecular weight is 574 g/mol. The smallest absolute Gasteiger partial charge is 0.410 e. The molecule has 10 nitrogen and oxygen atoms in total. The molecule has 2 atom stereocenters. The monoisotopic (exact) mass is 573 g/mol. The molecular weight excluding hydrogens is 526 g/mol. The minimum absolute atomic E-state index is 0.0512. The van der Waals surface area contributed by atoms with Crippen molar-refractivity contribution in [3.63, 3.8) is 0 Å². The normalized spacial score (nSPS) is 18.9. The van der Waals surface area contributed by atoms with E-state index in [-0.39, 0.29) is 30.2 Å². The van der Waals surface area contributed by atoms with Crippen molar-refractivity contribution in [3.05, 3.63) is 29.8 Å². The summed E-state index contributed by atoms with van der Waals surface area (Å²) < 4.78 is 10.9. The Kier molecular flexibility index (Phi) is 11.8. The van der Waals surface area contributed by atoms with E-state index in [2.05, 4.69) is 5.32 Å². The Bertz CT molecular complexity index is 1050. The predicted octanol–water partition coefficient (Wildman–Crippen LogP) is 4.25. The molecule has 3 amide bonds. The largest absolute Gasteiger partial charge is 0.496 e. The van der Waals surface area contributed by atoms with Crippen molar-refractivity contribution < 1.29 is 33.8 Å². The fraction of sp³-hybridized carbons (Fsp3) is 0.677. The second-order valence-corrected chi connectivity index (χ2v) is 12.3. The lowest BCUT2D eigenvalue weighted by atomic mass is 9.91. The van der Waals surface area contributed by atoms with Crippen LogP contribution in [-0.4, -0.2) is 83.7 Å². The number of benzene rings is 1. The first-order chi connectivity index (χ1) is 19.4. The molecule has 0 unspecified atom stereocenters. The molecule has 2 aliphatic rings. The van der Waals surface area contributed by atoms with Gasteiger partial charge in [-0.2, -0.15) is 0 Å². The molecule has 41 heavy (non-hydrogen) atoms. The minimum Gasteiger partial charge on any atom is -0.496 e. The number of para-hydroxylation sites is 1. The number of hydrogen-bond acceptors (Lipinski definition) is 6. The minimum atomic E-state index is -0.965. The van der Waals surface area contributed by atoms with Crippen LogP contribution in [0.15, 0.2) is 24.3 Å². The van der Waals surface area contributed by atoms with Crippen LogP contribution in [0.2, 0.25) is 0 Å². The SMILES string of the molecule is COc1ccccc1CC[C@H](CC(=O)O)NC(=O)[C@@H]1CCCN(C(=O)CCC2CCN(C(=O)OC(C)(C)C)CC2)C1. The van der Waals surface area contributed by atoms with Gasteiger partial charge in [0.15, 0.2) is 0 Å². The van der Waals surface area contributed by atoms with E-state index in [1.165, 1.54) is 0 Å². The fourth-order valence-electron chi connectivity index (χ4n) is 5.63. The van der Waals surface area contributed by atoms with E-state index in [0.717, 1.165) is 37.0 Å². The van der Waals surface area contributed by atoms with Gasteiger partial charge in [-0.1, -0.05) is 18.2 Å². The van der Waals surface area contributed by atoms with Gasteiger partial charge in [-0.05, 0) is 83.3 Å². The van der Waals surface area contributed by atoms with Gasteiger partial charge in [0, 0.05) is 38.6 Å². The number of carbonyl (C=O) groups is 4. The van der Waals surface area contributed by atoms with Gasteiger partial charge in [-0.15, -0.1) is 0 Å². The Hall–Kier alpha value is -3.30. The molecular formula is C31H47N3O7. The third-order valence-electron chi connectivity index (χ3n) is 7.90. The number of methoxy groups -OCH3 is 1. The fourth-order valence-corrected chi connectivity index (χ4v) is 5.63. The number of carbonyl (C=O) groups excluding carboxylic acids is 3. The van der Waals surface area contributed by atoms with Gasteiger partial charge in [0.2, 0.25) is 11.8 Å². The standard InChI is InChI=1S/C31H47N3O7/c1-31(2,3)41-30(39)33-18-15-22(16-19-33)11-14-27(35)34-17-7-9-24(21-34)29(38)32-25(20-28(36)37)13-12-23-8-5-6-10-26(23)40-4/h5-6,8,10,22,24-25H,7,9,11-21H2,1-4H3,(H,32,38)(H,36,37)/t24-,25-/m1/s1. The summed E-state index contributed by atoms with van der Waals surface area (Å²) in [5, 5.41) is 12.4. The molecule has 2 aliphatic heterocycles. The molecule has 2 fully saturated rings. The molecule has 2 N–H and O–H groups in total. The van der Waals surface area contributed by atoms with Crippen LogP contribution in [0.25, 0.3) is 0 Å². The highest BCUT2D eigenvalue weighted by Gasteiger charge is 2.31. The number of rotatable bonds is 11. The number of aliphatic carboxylic acids is 1. The molecule has 228 valence electrons. The topological polar surface area (TPSA) is 125 Å². The Morgan fingerprint density at radius 2 is 1.76 bits per heavy atom. The highest BCUT2D eigenvalue weighted by atomic mass is 16.6. The molecule has 0 bridgehead atoms. The predicted molar refractivity (Wildman–Crippen MR) is 155 cm³/mol. The van der Waals surface area contributed by atoms with Gasteiger partial charge >= 0.3 is 12.1 Å². The second-order valence-electron chi connectivity index (χ2n) is 12.3. The molecule has 3 rings (SSSR count). The zero-order valence-corrected chi connectivity index (χ0v) is 25.0. The van der Waals surface area contributed by atoms with Crippen molar-refractivity contribution in [1.29, 1.82) is 0 Å². The van der Waals surface area contributed by atoms with Crippen LogP contribution >= 0.6 is 0 Å². The van der Waals surface area contributed by atoms with Gasteiger partial charge in [-0.3, -0.25) is 14.4 Å². The first-order valence-electron chi connectivity index (χ1n) is 14.8. The van der Waals surface area contributed by atoms with E-state index < -0.39 is 17.6 Å². The maximum absolute atomic E-state index is 13.2. The van der Waals surface area contributed by atoms with E-state index in [9.17, 15) is 24.3 Å². The van der Waals surface area contributed by atoms with Crippen molar-refractivity contribution in [2.75, 3.05) is 33.3 Å². The lowest BCUT2D eigenvalue weighted by molar-refractivity contribution is -0.138. The molecule has 1 aromatic carbocycles. The molecule has 1 aromatic rings. The van der Waals surface area contributed by atoms with Crippen LogP contribution in [0, 0.1) is 11.8 Å². The Morgan fingerprint density at radius 1 is 1.05 bits per heavy atom. The Labute approximate surface area is 243 Å². The molecule has 0 saturated carbocycles. The highest BCUT2D eigenvalue weighted by Crippen LogP contribution is 2.25. The first-order valence-corrected chi connectivity index (χ1v) is 14.8. The van der Waals surface area contributed by atoms with Crippen LogP contribution in [0.4, 0.5) is 4.79 Å². The Balaban J connectivity index is 1.45. The summed E-state index contributed by atoms with van der Waals surface area (Å²) in [6.45, 7) is 7.82. The summed E-state index contributed by atoms with van der Waals surface area (Å²) in [6, 6.07) is 7.07. The van der Waals surface area contributed by atoms with Crippen LogP contribution in [0.3, 0.4) is 0 Å². The van der Waals surface area contributed by atoms with Crippen molar-refractivity contribution in [2.45, 2.75) is 90.2 Å². The van der Waals surface area contributed by atoms with Crippen LogP contribution in [0.1, 0.15) is 77.7 Å². The maximum atomic E-state index is 13.2. The number of amides is 3. The molecule has 0 radical (unpaired) electrons. The zero-order valence-electron chi connectivity index (χ0n) is 25.0. The molecule has 10 heteroatoms. The van der Waals surface area contributed by atoms with Gasteiger partial charge in [0.1, 0.15) is 11.4 Å². The average Bonchev–Trinajstić information content (AvgIpc) is 2.93. The van der Waals surface area contributed by atoms with Crippen molar-refractivity contribution in [3.8, 4) is 5.75 Å². The summed E-state index contributed by atoms with van der Waals surface area (Å²) in [4.78, 5) is 53.5. The summed E-state index contributed by atoms with van der Waals surface area (Å²) in [5.41, 5.74) is 0.446. The molecule has 0 aliphatic carbocycles. The highest BCUT2D eigenvalue weighted by molar-refractivity contribution is 5.82. The van der Waals surface area contributed by atoms with Gasteiger partial charge in [0.25, 0.3) is 0 Å². The van der Waals surface area contributed by atoms with E-state index in [4.69, 9.17) is 9.47 Å². The van der Waals surface area contributed by atoms with Crippen molar-refractivity contribution in [1.82, 2.24) is 15.1 Å². The summed E-state index contributed by atoms with van der Waals surface area (Å²) in [6.07, 6.45) is 4.89. The van der Waals surface area contributed by atoms with Crippen LogP contribution < -0.4 is 10.1 Å². The van der Waals surface area contributed by atoms with E-state index in [1.807, 2.05) is 45.0 Å². The summed E-state index contributed by atoms with van der Waals surface area (Å²) in [5.74, 6) is -0.344. The van der Waals surface area contributed by atoms with Crippen LogP contribution in [-0.2, 0) is 25.5 Å². The number of piperidine rings is 2. The second kappa shape index (κ2) is 15.1. The third kappa shape index (κ3) is 10.6. The summed E-state index contributed by atoms with van der Waals surface area (Å²) >= 11 is 0. The van der Waals surface area contributed by atoms with Gasteiger partial charge in [0.05, 0.1) is 19.4 Å². The van der Waals surface area contributed by atoms with E-state index in [1.54, 1.807) is 16.9 Å². The van der Waals surface area contributed by atoms with Gasteiger partial charge in [-0.25, -0.2) is 4.79 Å². The molecule has 0 aromatic heterocycles. The molecule has 2 saturated heterocycles. The number of carboxylic acids is 1. The number of aryl methyl sites for hydroxylation is 1. The number of likely N-dealkylation sites (tertiary alicyclic amines) is 2. The number of nitrogens with zero attached hydrogens (tertiary/aromatic N) is 2. The number of hydrogen-bond donors (Lipinski definition) is 2. The number of ether oxygens (including phenoxy) is 2. The number of carboxylic acid groups (broad SMARTS) is 1. The van der Waals surface area contributed by atoms with Crippen molar-refractivity contribution >= 4 is 23.9 Å². The zero-order chi connectivity index (χ0) is 30.0. The quantitative estimate of drug-likeness (QED) is 0.405. The lowest BCUT2D eigenvalue weighted by Crippen LogP contribution is -2.48. The summed E-state index contributed by atoms with van der Waals surface area (Å²) in [7, 11) is 1.60. The molecule has 0 spiro atoms. The van der Waals surface area contributed by atoms with Crippen LogP contribution in [0.5, 0.6) is 5.75 Å². The van der Waals surface area contributed by atoms with E-state index in [0.29, 0.717) is 57.8 Å². The number of nitrogens with one attached hydrogen (secondary N) is 1. The Morgan fingerprint density at radius 3 is 2.41 bits per heavy atom. The lowest BCUT2D eigenvalue weighted by Gasteiger charge is -2.35. The van der Waals surface area contributed by atoms with E-state index >= 15 is 0 Å². The maximum Gasteiger partial charge on any atom is 0.410 e. The molecule has 2 heterocycles.